The number of carbonyl (C=O) groups is 2. The van der Waals surface area contributed by atoms with Gasteiger partial charge in [-0.25, -0.2) is 4.98 Å². The molecule has 0 atom stereocenters. The lowest BCUT2D eigenvalue weighted by Crippen LogP contribution is -2.33. The molecule has 0 spiro atoms. The van der Waals surface area contributed by atoms with Crippen LogP contribution >= 0.6 is 0 Å². The second-order valence-corrected chi connectivity index (χ2v) is 6.52. The molecule has 6 nitrogen and oxygen atoms in total. The van der Waals surface area contributed by atoms with E-state index in [4.69, 9.17) is 4.74 Å². The number of aromatic nitrogens is 1. The highest BCUT2D eigenvalue weighted by atomic mass is 16.5. The standard InChI is InChI=1S/C20H23N3O3/c1-13-10-11-18(26-2)17(12-13)23-20(25)16-9-5-8-15(22-16)19(24)21-14-6-3-4-7-14/h5,8-12,14H,3-4,6-7H2,1-2H3,(H,21,24)(H,23,25). The third-order valence-electron chi connectivity index (χ3n) is 4.51. The zero-order chi connectivity index (χ0) is 18.5. The van der Waals surface area contributed by atoms with E-state index in [-0.39, 0.29) is 29.2 Å². The van der Waals surface area contributed by atoms with E-state index in [1.165, 1.54) is 0 Å². The fraction of sp³-hybridized carbons (Fsp3) is 0.350. The summed E-state index contributed by atoms with van der Waals surface area (Å²) < 4.78 is 5.27. The second kappa shape index (κ2) is 7.99. The van der Waals surface area contributed by atoms with Crippen molar-refractivity contribution in [3.63, 3.8) is 0 Å². The SMILES string of the molecule is COc1ccc(C)cc1NC(=O)c1cccc(C(=O)NC2CCCC2)n1. The van der Waals surface area contributed by atoms with E-state index < -0.39 is 0 Å². The maximum Gasteiger partial charge on any atom is 0.274 e. The molecule has 2 aromatic rings. The highest BCUT2D eigenvalue weighted by molar-refractivity contribution is 6.04. The van der Waals surface area contributed by atoms with Crippen molar-refractivity contribution in [3.8, 4) is 5.75 Å². The number of nitrogens with zero attached hydrogens (tertiary/aromatic N) is 1. The molecule has 0 saturated heterocycles. The highest BCUT2D eigenvalue weighted by Gasteiger charge is 2.19. The first-order valence-electron chi connectivity index (χ1n) is 8.81. The molecule has 1 aromatic carbocycles. The molecule has 1 heterocycles. The van der Waals surface area contributed by atoms with E-state index in [0.717, 1.165) is 31.2 Å². The summed E-state index contributed by atoms with van der Waals surface area (Å²) in [5, 5.41) is 5.78. The molecule has 0 aliphatic heterocycles. The molecule has 0 radical (unpaired) electrons. The van der Waals surface area contributed by atoms with E-state index in [1.807, 2.05) is 19.1 Å². The monoisotopic (exact) mass is 353 g/mol. The number of carbonyl (C=O) groups excluding carboxylic acids is 2. The summed E-state index contributed by atoms with van der Waals surface area (Å²) in [6.45, 7) is 1.93. The third-order valence-corrected chi connectivity index (χ3v) is 4.51. The fourth-order valence-corrected chi connectivity index (χ4v) is 3.12. The average Bonchev–Trinajstić information content (AvgIpc) is 3.15. The molecule has 2 amide bonds. The van der Waals surface area contributed by atoms with Gasteiger partial charge in [0.25, 0.3) is 11.8 Å². The van der Waals surface area contributed by atoms with Gasteiger partial charge >= 0.3 is 0 Å². The van der Waals surface area contributed by atoms with E-state index >= 15 is 0 Å². The van der Waals surface area contributed by atoms with Gasteiger partial charge in [-0.3, -0.25) is 9.59 Å². The summed E-state index contributed by atoms with van der Waals surface area (Å²) >= 11 is 0. The van der Waals surface area contributed by atoms with Gasteiger partial charge in [0.1, 0.15) is 17.1 Å². The first-order valence-corrected chi connectivity index (χ1v) is 8.81. The quantitative estimate of drug-likeness (QED) is 0.864. The van der Waals surface area contributed by atoms with Crippen molar-refractivity contribution in [2.24, 2.45) is 0 Å². The lowest BCUT2D eigenvalue weighted by molar-refractivity contribution is 0.0932. The fourth-order valence-electron chi connectivity index (χ4n) is 3.12. The van der Waals surface area contributed by atoms with Crippen LogP contribution in [0.1, 0.15) is 52.2 Å². The molecule has 3 rings (SSSR count). The zero-order valence-corrected chi connectivity index (χ0v) is 15.0. The van der Waals surface area contributed by atoms with E-state index in [9.17, 15) is 9.59 Å². The Morgan fingerprint density at radius 2 is 1.77 bits per heavy atom. The van der Waals surface area contributed by atoms with Crippen LogP contribution in [-0.4, -0.2) is 29.9 Å². The minimum absolute atomic E-state index is 0.188. The minimum atomic E-state index is -0.385. The van der Waals surface area contributed by atoms with Crippen molar-refractivity contribution in [3.05, 3.63) is 53.3 Å². The number of ether oxygens (including phenoxy) is 1. The second-order valence-electron chi connectivity index (χ2n) is 6.52. The van der Waals surface area contributed by atoms with E-state index in [1.54, 1.807) is 31.4 Å². The number of rotatable bonds is 5. The first-order chi connectivity index (χ1) is 12.6. The molecule has 6 heteroatoms. The Labute approximate surface area is 153 Å². The molecular formula is C20H23N3O3. The molecule has 1 aliphatic carbocycles. The van der Waals surface area contributed by atoms with Crippen LogP contribution in [0.25, 0.3) is 0 Å². The Bertz CT molecular complexity index is 814. The van der Waals surface area contributed by atoms with Crippen LogP contribution in [0.3, 0.4) is 0 Å². The van der Waals surface area contributed by atoms with Crippen LogP contribution in [0.5, 0.6) is 5.75 Å². The van der Waals surface area contributed by atoms with Crippen molar-refractivity contribution in [1.82, 2.24) is 10.3 Å². The number of hydrogen-bond donors (Lipinski definition) is 2. The number of aryl methyl sites for hydroxylation is 1. The van der Waals surface area contributed by atoms with Gasteiger partial charge in [0, 0.05) is 6.04 Å². The van der Waals surface area contributed by atoms with Gasteiger partial charge in [-0.1, -0.05) is 25.0 Å². The minimum Gasteiger partial charge on any atom is -0.495 e. The lowest BCUT2D eigenvalue weighted by Gasteiger charge is -2.13. The molecule has 1 aromatic heterocycles. The summed E-state index contributed by atoms with van der Waals surface area (Å²) in [5.41, 5.74) is 2.01. The van der Waals surface area contributed by atoms with E-state index in [0.29, 0.717) is 11.4 Å². The van der Waals surface area contributed by atoms with Crippen molar-refractivity contribution in [1.29, 1.82) is 0 Å². The Morgan fingerprint density at radius 3 is 2.46 bits per heavy atom. The number of methoxy groups -OCH3 is 1. The van der Waals surface area contributed by atoms with Crippen LogP contribution in [-0.2, 0) is 0 Å². The smallest absolute Gasteiger partial charge is 0.274 e. The van der Waals surface area contributed by atoms with Crippen LogP contribution in [0.4, 0.5) is 5.69 Å². The molecule has 26 heavy (non-hydrogen) atoms. The first kappa shape index (κ1) is 17.9. The molecule has 1 saturated carbocycles. The van der Waals surface area contributed by atoms with E-state index in [2.05, 4.69) is 15.6 Å². The largest absolute Gasteiger partial charge is 0.495 e. The Kier molecular flexibility index (Phi) is 5.51. The van der Waals surface area contributed by atoms with Crippen LogP contribution in [0, 0.1) is 6.92 Å². The number of nitrogens with one attached hydrogen (secondary N) is 2. The van der Waals surface area contributed by atoms with Crippen molar-refractivity contribution in [2.75, 3.05) is 12.4 Å². The van der Waals surface area contributed by atoms with Gasteiger partial charge in [0.2, 0.25) is 0 Å². The van der Waals surface area contributed by atoms with Gasteiger partial charge in [0.15, 0.2) is 0 Å². The number of hydrogen-bond acceptors (Lipinski definition) is 4. The van der Waals surface area contributed by atoms with Gasteiger partial charge in [-0.05, 0) is 49.6 Å². The summed E-state index contributed by atoms with van der Waals surface area (Å²) in [4.78, 5) is 29.1. The summed E-state index contributed by atoms with van der Waals surface area (Å²) in [7, 11) is 1.55. The summed E-state index contributed by atoms with van der Waals surface area (Å²) in [6, 6.07) is 10.6. The number of anilines is 1. The topological polar surface area (TPSA) is 80.3 Å². The summed E-state index contributed by atoms with van der Waals surface area (Å²) in [5.74, 6) is -0.0526. The maximum atomic E-state index is 12.6. The van der Waals surface area contributed by atoms with Gasteiger partial charge in [-0.15, -0.1) is 0 Å². The number of benzene rings is 1. The van der Waals surface area contributed by atoms with Crippen molar-refractivity contribution in [2.45, 2.75) is 38.6 Å². The summed E-state index contributed by atoms with van der Waals surface area (Å²) in [6.07, 6.45) is 4.27. The molecule has 2 N–H and O–H groups in total. The lowest BCUT2D eigenvalue weighted by atomic mass is 10.2. The Hall–Kier alpha value is -2.89. The number of amides is 2. The normalized spacial score (nSPS) is 14.1. The third kappa shape index (κ3) is 4.20. The number of pyridine rings is 1. The van der Waals surface area contributed by atoms with Gasteiger partial charge < -0.3 is 15.4 Å². The molecule has 136 valence electrons. The predicted molar refractivity (Wildman–Crippen MR) is 99.6 cm³/mol. The molecular weight excluding hydrogens is 330 g/mol. The molecule has 0 bridgehead atoms. The average molecular weight is 353 g/mol. The van der Waals surface area contributed by atoms with Crippen molar-refractivity contribution < 1.29 is 14.3 Å². The molecule has 1 aliphatic rings. The maximum absolute atomic E-state index is 12.6. The molecule has 1 fully saturated rings. The highest BCUT2D eigenvalue weighted by Crippen LogP contribution is 2.25. The van der Waals surface area contributed by atoms with Gasteiger partial charge in [-0.2, -0.15) is 0 Å². The van der Waals surface area contributed by atoms with Crippen molar-refractivity contribution >= 4 is 17.5 Å². The van der Waals surface area contributed by atoms with Crippen LogP contribution in [0.15, 0.2) is 36.4 Å². The zero-order valence-electron chi connectivity index (χ0n) is 15.0. The Balaban J connectivity index is 1.74. The predicted octanol–water partition coefficient (Wildman–Crippen LogP) is 3.32. The van der Waals surface area contributed by atoms with Gasteiger partial charge in [0.05, 0.1) is 12.8 Å². The van der Waals surface area contributed by atoms with Crippen LogP contribution in [0.2, 0.25) is 0 Å². The molecule has 0 unspecified atom stereocenters. The van der Waals surface area contributed by atoms with Crippen LogP contribution < -0.4 is 15.4 Å². The Morgan fingerprint density at radius 1 is 1.08 bits per heavy atom.